The third-order valence-electron chi connectivity index (χ3n) is 4.29. The van der Waals surface area contributed by atoms with Crippen LogP contribution < -0.4 is 0 Å². The van der Waals surface area contributed by atoms with E-state index in [9.17, 15) is 13.2 Å². The number of carbonyl (C=O) groups is 1. The van der Waals surface area contributed by atoms with Gasteiger partial charge in [0.2, 0.25) is 15.9 Å². The maximum Gasteiger partial charge on any atom is 0.228 e. The number of benzene rings is 1. The van der Waals surface area contributed by atoms with Gasteiger partial charge in [-0.2, -0.15) is 4.31 Å². The summed E-state index contributed by atoms with van der Waals surface area (Å²) in [5.74, 6) is 0.639. The van der Waals surface area contributed by atoms with Crippen molar-refractivity contribution in [3.05, 3.63) is 44.9 Å². The molecule has 0 bridgehead atoms. The van der Waals surface area contributed by atoms with Gasteiger partial charge in [-0.15, -0.1) is 11.3 Å². The van der Waals surface area contributed by atoms with Gasteiger partial charge >= 0.3 is 0 Å². The maximum atomic E-state index is 12.5. The molecule has 1 aromatic carbocycles. The second kappa shape index (κ2) is 9.32. The third-order valence-corrected chi connectivity index (χ3v) is 8.30. The molecule has 1 aliphatic rings. The Bertz CT molecular complexity index is 958. The van der Waals surface area contributed by atoms with Gasteiger partial charge in [-0.1, -0.05) is 41.0 Å². The molecule has 0 aliphatic carbocycles. The van der Waals surface area contributed by atoms with E-state index in [0.29, 0.717) is 42.0 Å². The summed E-state index contributed by atoms with van der Waals surface area (Å²) in [7, 11) is -3.20. The summed E-state index contributed by atoms with van der Waals surface area (Å²) in [6.45, 7) is 1.49. The summed E-state index contributed by atoms with van der Waals surface area (Å²) < 4.78 is 25.4. The summed E-state index contributed by atoms with van der Waals surface area (Å²) in [4.78, 5) is 18.7. The molecule has 2 heterocycles. The number of sulfonamides is 1. The lowest BCUT2D eigenvalue weighted by Gasteiger charge is -2.33. The van der Waals surface area contributed by atoms with Gasteiger partial charge in [-0.05, 0) is 17.7 Å². The van der Waals surface area contributed by atoms with Crippen molar-refractivity contribution in [2.75, 3.05) is 32.4 Å². The SMILES string of the molecule is CS(=O)(=O)N1CCN(C(=O)Cc2csc(SCc3ccc(Cl)cc3Cl)n2)CC1. The van der Waals surface area contributed by atoms with Gasteiger partial charge in [0.1, 0.15) is 4.34 Å². The van der Waals surface area contributed by atoms with E-state index < -0.39 is 10.0 Å². The molecule has 0 saturated carbocycles. The first-order chi connectivity index (χ1) is 13.2. The zero-order valence-corrected chi connectivity index (χ0v) is 19.1. The number of thiazole rings is 1. The van der Waals surface area contributed by atoms with E-state index in [2.05, 4.69) is 4.98 Å². The molecule has 1 saturated heterocycles. The lowest BCUT2D eigenvalue weighted by molar-refractivity contribution is -0.131. The van der Waals surface area contributed by atoms with Crippen molar-refractivity contribution in [2.24, 2.45) is 0 Å². The minimum absolute atomic E-state index is 0.0317. The first kappa shape index (κ1) is 21.9. The van der Waals surface area contributed by atoms with E-state index in [1.807, 2.05) is 11.4 Å². The Morgan fingerprint density at radius 2 is 1.96 bits per heavy atom. The van der Waals surface area contributed by atoms with Crippen LogP contribution in [0.2, 0.25) is 10.0 Å². The Balaban J connectivity index is 1.51. The van der Waals surface area contributed by atoms with Crippen molar-refractivity contribution >= 4 is 62.2 Å². The van der Waals surface area contributed by atoms with Gasteiger partial charge in [0.15, 0.2) is 0 Å². The molecular weight excluding hydrogens is 461 g/mol. The lowest BCUT2D eigenvalue weighted by atomic mass is 10.2. The number of hydrogen-bond acceptors (Lipinski definition) is 6. The van der Waals surface area contributed by atoms with Gasteiger partial charge in [-0.3, -0.25) is 4.79 Å². The second-order valence-corrected chi connectivity index (χ2v) is 11.3. The number of carbonyl (C=O) groups excluding carboxylic acids is 1. The quantitative estimate of drug-likeness (QED) is 0.593. The van der Waals surface area contributed by atoms with Crippen LogP contribution in [-0.2, 0) is 27.0 Å². The molecule has 3 rings (SSSR count). The Morgan fingerprint density at radius 3 is 2.61 bits per heavy atom. The number of halogens is 2. The monoisotopic (exact) mass is 479 g/mol. The van der Waals surface area contributed by atoms with Crippen molar-refractivity contribution in [3.63, 3.8) is 0 Å². The highest BCUT2D eigenvalue weighted by Gasteiger charge is 2.26. The van der Waals surface area contributed by atoms with Gasteiger partial charge in [-0.25, -0.2) is 13.4 Å². The first-order valence-electron chi connectivity index (χ1n) is 8.46. The molecule has 1 amide bonds. The molecule has 2 aromatic rings. The summed E-state index contributed by atoms with van der Waals surface area (Å²) in [6.07, 6.45) is 1.41. The van der Waals surface area contributed by atoms with Crippen LogP contribution in [-0.4, -0.2) is 60.9 Å². The molecule has 6 nitrogen and oxygen atoms in total. The minimum atomic E-state index is -3.20. The zero-order valence-electron chi connectivity index (χ0n) is 15.1. The highest BCUT2D eigenvalue weighted by atomic mass is 35.5. The number of thioether (sulfide) groups is 1. The van der Waals surface area contributed by atoms with Crippen molar-refractivity contribution in [1.82, 2.24) is 14.2 Å². The average molecular weight is 480 g/mol. The molecule has 0 unspecified atom stereocenters. The van der Waals surface area contributed by atoms with Crippen molar-refractivity contribution in [3.8, 4) is 0 Å². The predicted octanol–water partition coefficient (Wildman–Crippen LogP) is 3.39. The second-order valence-electron chi connectivity index (χ2n) is 6.35. The maximum absolute atomic E-state index is 12.5. The fraction of sp³-hybridized carbons (Fsp3) is 0.412. The Hall–Kier alpha value is -0.840. The fourth-order valence-corrected chi connectivity index (χ4v) is 5.98. The van der Waals surface area contributed by atoms with Crippen LogP contribution in [0.3, 0.4) is 0 Å². The van der Waals surface area contributed by atoms with Gasteiger partial charge < -0.3 is 4.90 Å². The lowest BCUT2D eigenvalue weighted by Crippen LogP contribution is -2.50. The molecule has 152 valence electrons. The van der Waals surface area contributed by atoms with Crippen LogP contribution in [0.15, 0.2) is 27.9 Å². The molecule has 1 fully saturated rings. The van der Waals surface area contributed by atoms with Crippen molar-refractivity contribution < 1.29 is 13.2 Å². The molecule has 28 heavy (non-hydrogen) atoms. The summed E-state index contributed by atoms with van der Waals surface area (Å²) in [6, 6.07) is 5.42. The molecule has 1 aromatic heterocycles. The highest BCUT2D eigenvalue weighted by Crippen LogP contribution is 2.30. The number of nitrogens with zero attached hydrogens (tertiary/aromatic N) is 3. The molecule has 0 radical (unpaired) electrons. The molecule has 1 aliphatic heterocycles. The Kier molecular flexibility index (Phi) is 7.27. The summed E-state index contributed by atoms with van der Waals surface area (Å²) >= 11 is 15.2. The average Bonchev–Trinajstić information content (AvgIpc) is 3.07. The number of rotatable bonds is 6. The molecule has 0 spiro atoms. The predicted molar refractivity (Wildman–Crippen MR) is 115 cm³/mol. The van der Waals surface area contributed by atoms with Crippen LogP contribution in [0.1, 0.15) is 11.3 Å². The van der Waals surface area contributed by atoms with Crippen LogP contribution in [0, 0.1) is 0 Å². The number of piperazine rings is 1. The third kappa shape index (κ3) is 5.84. The Morgan fingerprint density at radius 1 is 1.25 bits per heavy atom. The van der Waals surface area contributed by atoms with E-state index in [1.165, 1.54) is 21.9 Å². The van der Waals surface area contributed by atoms with Crippen molar-refractivity contribution in [2.45, 2.75) is 16.5 Å². The normalized spacial score (nSPS) is 15.8. The minimum Gasteiger partial charge on any atom is -0.340 e. The molecule has 0 N–H and O–H groups in total. The van der Waals surface area contributed by atoms with E-state index in [1.54, 1.807) is 28.8 Å². The summed E-state index contributed by atoms with van der Waals surface area (Å²) in [5.41, 5.74) is 1.71. The van der Waals surface area contributed by atoms with Crippen LogP contribution >= 0.6 is 46.3 Å². The first-order valence-corrected chi connectivity index (χ1v) is 12.9. The smallest absolute Gasteiger partial charge is 0.228 e. The van der Waals surface area contributed by atoms with Gasteiger partial charge in [0.05, 0.1) is 18.4 Å². The standard InChI is InChI=1S/C17H19Cl2N3O3S3/c1-28(24,25)22-6-4-21(5-7-22)16(23)9-14-11-27-17(20-14)26-10-12-2-3-13(18)8-15(12)19/h2-3,8,11H,4-7,9-10H2,1H3. The zero-order chi connectivity index (χ0) is 20.3. The molecular formula is C17H19Cl2N3O3S3. The number of hydrogen-bond donors (Lipinski definition) is 0. The van der Waals surface area contributed by atoms with E-state index in [0.717, 1.165) is 15.6 Å². The number of aromatic nitrogens is 1. The fourth-order valence-electron chi connectivity index (χ4n) is 2.75. The van der Waals surface area contributed by atoms with Gasteiger partial charge in [0, 0.05) is 47.4 Å². The van der Waals surface area contributed by atoms with Crippen molar-refractivity contribution in [1.29, 1.82) is 0 Å². The van der Waals surface area contributed by atoms with Crippen LogP contribution in [0.4, 0.5) is 0 Å². The molecule has 0 atom stereocenters. The van der Waals surface area contributed by atoms with Crippen LogP contribution in [0.5, 0.6) is 0 Å². The summed E-state index contributed by atoms with van der Waals surface area (Å²) in [5, 5.41) is 3.11. The van der Waals surface area contributed by atoms with E-state index >= 15 is 0 Å². The Labute approximate surface area is 182 Å². The molecule has 11 heteroatoms. The van der Waals surface area contributed by atoms with Gasteiger partial charge in [0.25, 0.3) is 0 Å². The van der Waals surface area contributed by atoms with Crippen LogP contribution in [0.25, 0.3) is 0 Å². The highest BCUT2D eigenvalue weighted by molar-refractivity contribution is 8.00. The van der Waals surface area contributed by atoms with E-state index in [-0.39, 0.29) is 12.3 Å². The largest absolute Gasteiger partial charge is 0.340 e. The number of amides is 1. The topological polar surface area (TPSA) is 70.6 Å². The van der Waals surface area contributed by atoms with E-state index in [4.69, 9.17) is 23.2 Å².